The molecule has 2 aromatic rings. The molecule has 0 bridgehead atoms. The van der Waals surface area contributed by atoms with Gasteiger partial charge in [-0.05, 0) is 37.5 Å². The number of thioether (sulfide) groups is 1. The summed E-state index contributed by atoms with van der Waals surface area (Å²) in [5.41, 5.74) is 2.39. The zero-order chi connectivity index (χ0) is 20.4. The second kappa shape index (κ2) is 11.5. The fourth-order valence-electron chi connectivity index (χ4n) is 3.10. The molecule has 1 atom stereocenters. The second-order valence-electron chi connectivity index (χ2n) is 6.77. The van der Waals surface area contributed by atoms with Crippen LogP contribution in [0.3, 0.4) is 0 Å². The molecular weight excluding hydrogens is 368 g/mol. The molecular formula is C23H30N2O2S. The lowest BCUT2D eigenvalue weighted by Gasteiger charge is -2.30. The maximum absolute atomic E-state index is 13.0. The van der Waals surface area contributed by atoms with Gasteiger partial charge in [0.15, 0.2) is 0 Å². The summed E-state index contributed by atoms with van der Waals surface area (Å²) in [6.07, 6.45) is 1.76. The van der Waals surface area contributed by atoms with Crippen LogP contribution < -0.4 is 5.32 Å². The first-order chi connectivity index (χ1) is 13.5. The van der Waals surface area contributed by atoms with Gasteiger partial charge < -0.3 is 10.2 Å². The van der Waals surface area contributed by atoms with E-state index in [1.165, 1.54) is 11.1 Å². The first-order valence-corrected chi connectivity index (χ1v) is 10.8. The quantitative estimate of drug-likeness (QED) is 0.614. The lowest BCUT2D eigenvalue weighted by atomic mass is 10.1. The molecule has 0 saturated carbocycles. The second-order valence-corrected chi connectivity index (χ2v) is 7.94. The van der Waals surface area contributed by atoms with E-state index >= 15 is 0 Å². The Hall–Kier alpha value is -2.27. The molecule has 0 aromatic heterocycles. The van der Waals surface area contributed by atoms with Gasteiger partial charge in [0.2, 0.25) is 11.8 Å². The fourth-order valence-corrected chi connectivity index (χ4v) is 3.94. The van der Waals surface area contributed by atoms with Crippen LogP contribution in [-0.4, -0.2) is 42.1 Å². The van der Waals surface area contributed by atoms with Crippen molar-refractivity contribution in [1.82, 2.24) is 10.2 Å². The molecule has 1 unspecified atom stereocenters. The number of carbonyl (C=O) groups is 2. The molecule has 0 aliphatic heterocycles. The molecule has 4 nitrogen and oxygen atoms in total. The van der Waals surface area contributed by atoms with Crippen LogP contribution in [0.2, 0.25) is 0 Å². The van der Waals surface area contributed by atoms with Gasteiger partial charge in [0.05, 0.1) is 0 Å². The van der Waals surface area contributed by atoms with Crippen molar-refractivity contribution in [3.8, 4) is 0 Å². The van der Waals surface area contributed by atoms with Crippen molar-refractivity contribution >= 4 is 23.6 Å². The van der Waals surface area contributed by atoms with Crippen molar-refractivity contribution in [1.29, 1.82) is 0 Å². The van der Waals surface area contributed by atoms with Crippen LogP contribution in [0.25, 0.3) is 0 Å². The molecule has 28 heavy (non-hydrogen) atoms. The van der Waals surface area contributed by atoms with Gasteiger partial charge in [-0.25, -0.2) is 0 Å². The Labute approximate surface area is 172 Å². The van der Waals surface area contributed by atoms with Crippen LogP contribution >= 0.6 is 11.8 Å². The Bertz CT molecular complexity index is 747. The first kappa shape index (κ1) is 22.0. The van der Waals surface area contributed by atoms with E-state index < -0.39 is 6.04 Å². The van der Waals surface area contributed by atoms with E-state index in [0.717, 1.165) is 11.3 Å². The summed E-state index contributed by atoms with van der Waals surface area (Å²) in [5.74, 6) is 0.634. The topological polar surface area (TPSA) is 49.4 Å². The van der Waals surface area contributed by atoms with Gasteiger partial charge in [-0.3, -0.25) is 9.59 Å². The summed E-state index contributed by atoms with van der Waals surface area (Å²) in [6, 6.07) is 18.0. The zero-order valence-electron chi connectivity index (χ0n) is 17.0. The number of nitrogens with one attached hydrogen (secondary N) is 1. The molecule has 0 heterocycles. The van der Waals surface area contributed by atoms with Crippen LogP contribution in [0.15, 0.2) is 59.5 Å². The summed E-state index contributed by atoms with van der Waals surface area (Å²) >= 11 is 1.67. The number of likely N-dealkylation sites (N-methyl/N-ethyl adjacent to an activating group) is 1. The van der Waals surface area contributed by atoms with Crippen molar-refractivity contribution < 1.29 is 9.59 Å². The first-order valence-electron chi connectivity index (χ1n) is 9.79. The number of amides is 2. The third-order valence-electron chi connectivity index (χ3n) is 4.72. The highest BCUT2D eigenvalue weighted by molar-refractivity contribution is 7.99. The molecule has 1 N–H and O–H groups in total. The normalized spacial score (nSPS) is 11.7. The van der Waals surface area contributed by atoms with Gasteiger partial charge in [0, 0.05) is 30.7 Å². The molecule has 150 valence electrons. The minimum absolute atomic E-state index is 0.0333. The van der Waals surface area contributed by atoms with E-state index in [0.29, 0.717) is 25.1 Å². The Morgan fingerprint density at radius 2 is 1.75 bits per heavy atom. The molecule has 0 fully saturated rings. The van der Waals surface area contributed by atoms with Crippen molar-refractivity contribution in [2.45, 2.75) is 44.0 Å². The average molecular weight is 399 g/mol. The standard InChI is InChI=1S/C23H30N2O2S/c1-4-21(23(27)24-3)25(16-14-19-8-6-5-7-9-19)22(26)15-17-28-20-12-10-18(2)11-13-20/h5-13,21H,4,14-17H2,1-3H3,(H,24,27). The minimum atomic E-state index is -0.425. The summed E-state index contributed by atoms with van der Waals surface area (Å²) in [7, 11) is 1.62. The van der Waals surface area contributed by atoms with Crippen LogP contribution in [0.5, 0.6) is 0 Å². The number of hydrogen-bond donors (Lipinski definition) is 1. The highest BCUT2D eigenvalue weighted by Gasteiger charge is 2.27. The summed E-state index contributed by atoms with van der Waals surface area (Å²) in [6.45, 7) is 4.56. The average Bonchev–Trinajstić information content (AvgIpc) is 2.72. The third kappa shape index (κ3) is 6.71. The maximum Gasteiger partial charge on any atom is 0.242 e. The smallest absolute Gasteiger partial charge is 0.242 e. The molecule has 5 heteroatoms. The van der Waals surface area contributed by atoms with Crippen LogP contribution in [0.1, 0.15) is 30.9 Å². The van der Waals surface area contributed by atoms with E-state index in [1.54, 1.807) is 23.7 Å². The maximum atomic E-state index is 13.0. The van der Waals surface area contributed by atoms with Crippen LogP contribution in [0, 0.1) is 6.92 Å². The van der Waals surface area contributed by atoms with Gasteiger partial charge in [-0.2, -0.15) is 0 Å². The number of aryl methyl sites for hydroxylation is 1. The van der Waals surface area contributed by atoms with Crippen molar-refractivity contribution in [3.63, 3.8) is 0 Å². The third-order valence-corrected chi connectivity index (χ3v) is 5.74. The van der Waals surface area contributed by atoms with E-state index in [4.69, 9.17) is 0 Å². The lowest BCUT2D eigenvalue weighted by molar-refractivity contribution is -0.140. The molecule has 0 radical (unpaired) electrons. The summed E-state index contributed by atoms with van der Waals surface area (Å²) in [4.78, 5) is 28.2. The Morgan fingerprint density at radius 1 is 1.07 bits per heavy atom. The highest BCUT2D eigenvalue weighted by Crippen LogP contribution is 2.20. The van der Waals surface area contributed by atoms with E-state index in [-0.39, 0.29) is 11.8 Å². The van der Waals surface area contributed by atoms with Crippen molar-refractivity contribution in [3.05, 3.63) is 65.7 Å². The van der Waals surface area contributed by atoms with Crippen LogP contribution in [-0.2, 0) is 16.0 Å². The van der Waals surface area contributed by atoms with E-state index in [2.05, 4.69) is 48.6 Å². The fraction of sp³-hybridized carbons (Fsp3) is 0.391. The number of rotatable bonds is 10. The summed E-state index contributed by atoms with van der Waals surface area (Å²) < 4.78 is 0. The van der Waals surface area contributed by atoms with Gasteiger partial charge >= 0.3 is 0 Å². The molecule has 2 amide bonds. The minimum Gasteiger partial charge on any atom is -0.357 e. The summed E-state index contributed by atoms with van der Waals surface area (Å²) in [5, 5.41) is 2.70. The van der Waals surface area contributed by atoms with Crippen molar-refractivity contribution in [2.75, 3.05) is 19.3 Å². The van der Waals surface area contributed by atoms with Gasteiger partial charge in [0.1, 0.15) is 6.04 Å². The molecule has 2 aromatic carbocycles. The van der Waals surface area contributed by atoms with Gasteiger partial charge in [-0.15, -0.1) is 11.8 Å². The number of nitrogens with zero attached hydrogens (tertiary/aromatic N) is 1. The lowest BCUT2D eigenvalue weighted by Crippen LogP contribution is -2.49. The molecule has 0 saturated heterocycles. The molecule has 0 aliphatic rings. The van der Waals surface area contributed by atoms with E-state index in [1.807, 2.05) is 25.1 Å². The van der Waals surface area contributed by atoms with E-state index in [9.17, 15) is 9.59 Å². The predicted molar refractivity (Wildman–Crippen MR) is 117 cm³/mol. The Kier molecular flexibility index (Phi) is 9.08. The number of benzene rings is 2. The Balaban J connectivity index is 2.00. The largest absolute Gasteiger partial charge is 0.357 e. The van der Waals surface area contributed by atoms with Gasteiger partial charge in [0.25, 0.3) is 0 Å². The molecule has 0 aliphatic carbocycles. The Morgan fingerprint density at radius 3 is 2.36 bits per heavy atom. The number of carbonyl (C=O) groups excluding carboxylic acids is 2. The van der Waals surface area contributed by atoms with Gasteiger partial charge in [-0.1, -0.05) is 55.0 Å². The monoisotopic (exact) mass is 398 g/mol. The molecule has 0 spiro atoms. The highest BCUT2D eigenvalue weighted by atomic mass is 32.2. The van der Waals surface area contributed by atoms with Crippen LogP contribution in [0.4, 0.5) is 0 Å². The zero-order valence-corrected chi connectivity index (χ0v) is 17.8. The SMILES string of the molecule is CCC(C(=O)NC)N(CCc1ccccc1)C(=O)CCSc1ccc(C)cc1. The molecule has 2 rings (SSSR count). The predicted octanol–water partition coefficient (Wildman–Crippen LogP) is 4.07. The van der Waals surface area contributed by atoms with Crippen molar-refractivity contribution in [2.24, 2.45) is 0 Å². The number of hydrogen-bond acceptors (Lipinski definition) is 3.